The molecule has 0 aliphatic carbocycles. The van der Waals surface area contributed by atoms with Crippen LogP contribution >= 0.6 is 0 Å². The van der Waals surface area contributed by atoms with Crippen LogP contribution in [-0.2, 0) is 0 Å². The standard InChI is InChI=1S/C5H9N2Si.BF4/c1-2-8-7-4-3-6-5-7;2-1(3,4)5/h3-6H,2H2,1H3;/q+1;-1. The van der Waals surface area contributed by atoms with E-state index in [2.05, 4.69) is 16.1 Å². The average Bonchev–Trinajstić information content (AvgIpc) is 2.36. The molecule has 8 heteroatoms. The summed E-state index contributed by atoms with van der Waals surface area (Å²) in [6, 6.07) is 1.22. The topological polar surface area (TPSA) is 19.7 Å². The number of aromatic amines is 1. The summed E-state index contributed by atoms with van der Waals surface area (Å²) < 4.78 is 41.2. The van der Waals surface area contributed by atoms with Crippen molar-refractivity contribution in [2.75, 3.05) is 0 Å². The van der Waals surface area contributed by atoms with Gasteiger partial charge in [-0.2, -0.15) is 0 Å². The van der Waals surface area contributed by atoms with Crippen molar-refractivity contribution in [1.82, 2.24) is 4.98 Å². The smallest absolute Gasteiger partial charge is 0.418 e. The zero-order valence-electron chi connectivity index (χ0n) is 6.98. The number of hydrogen-bond acceptors (Lipinski definition) is 0. The zero-order chi connectivity index (χ0) is 10.3. The van der Waals surface area contributed by atoms with E-state index in [9.17, 15) is 17.3 Å². The van der Waals surface area contributed by atoms with Gasteiger partial charge in [-0.05, 0) is 6.04 Å². The lowest BCUT2D eigenvalue weighted by Gasteiger charge is -1.94. The van der Waals surface area contributed by atoms with E-state index in [0.29, 0.717) is 0 Å². The minimum absolute atomic E-state index is 0.897. The summed E-state index contributed by atoms with van der Waals surface area (Å²) in [6.45, 7) is 2.18. The Balaban J connectivity index is 0.000000252. The van der Waals surface area contributed by atoms with Crippen molar-refractivity contribution in [3.63, 3.8) is 0 Å². The van der Waals surface area contributed by atoms with Gasteiger partial charge in [-0.15, -0.1) is 0 Å². The Kier molecular flexibility index (Phi) is 5.44. The molecular formula is C5H9BF4N2Si. The van der Waals surface area contributed by atoms with Crippen LogP contribution in [0.1, 0.15) is 6.92 Å². The Hall–Kier alpha value is -0.788. The summed E-state index contributed by atoms with van der Waals surface area (Å²) in [6.07, 6.45) is 5.95. The van der Waals surface area contributed by atoms with Crippen molar-refractivity contribution in [3.8, 4) is 0 Å². The van der Waals surface area contributed by atoms with Crippen LogP contribution in [-0.4, -0.2) is 21.9 Å². The van der Waals surface area contributed by atoms with Gasteiger partial charge in [-0.25, -0.2) is 0 Å². The van der Waals surface area contributed by atoms with Crippen molar-refractivity contribution < 1.29 is 21.5 Å². The van der Waals surface area contributed by atoms with E-state index < -0.39 is 7.25 Å². The Morgan fingerprint density at radius 3 is 2.23 bits per heavy atom. The molecule has 0 aromatic carbocycles. The van der Waals surface area contributed by atoms with Crippen molar-refractivity contribution >= 4 is 16.9 Å². The molecule has 74 valence electrons. The van der Waals surface area contributed by atoms with E-state index in [4.69, 9.17) is 0 Å². The van der Waals surface area contributed by atoms with Crippen molar-refractivity contribution in [2.45, 2.75) is 13.0 Å². The molecule has 0 saturated carbocycles. The van der Waals surface area contributed by atoms with Crippen LogP contribution in [0.3, 0.4) is 0 Å². The third-order valence-electron chi connectivity index (χ3n) is 0.886. The van der Waals surface area contributed by atoms with Crippen LogP contribution in [0.25, 0.3) is 0 Å². The number of H-pyrrole nitrogens is 1. The van der Waals surface area contributed by atoms with Crippen LogP contribution in [0.2, 0.25) is 6.04 Å². The summed E-state index contributed by atoms with van der Waals surface area (Å²) in [7, 11) is -5.10. The molecule has 1 heterocycles. The zero-order valence-corrected chi connectivity index (χ0v) is 7.98. The lowest BCUT2D eigenvalue weighted by molar-refractivity contribution is -0.527. The highest BCUT2D eigenvalue weighted by atomic mass is 28.2. The molecule has 1 rings (SSSR count). The minimum atomic E-state index is -6.00. The molecule has 1 aromatic rings. The van der Waals surface area contributed by atoms with Crippen molar-refractivity contribution in [3.05, 3.63) is 18.7 Å². The largest absolute Gasteiger partial charge is 0.673 e. The molecule has 0 amide bonds. The van der Waals surface area contributed by atoms with Gasteiger partial charge < -0.3 is 17.3 Å². The molecule has 1 N–H and O–H groups in total. The molecule has 13 heavy (non-hydrogen) atoms. The lowest BCUT2D eigenvalue weighted by Crippen LogP contribution is -2.36. The minimum Gasteiger partial charge on any atom is -0.418 e. The number of hydrogen-bond donors (Lipinski definition) is 1. The van der Waals surface area contributed by atoms with E-state index >= 15 is 0 Å². The third kappa shape index (κ3) is 11.2. The Labute approximate surface area is 76.0 Å². The van der Waals surface area contributed by atoms with Gasteiger partial charge in [0.2, 0.25) is 6.33 Å². The van der Waals surface area contributed by atoms with E-state index in [0.717, 1.165) is 9.68 Å². The normalized spacial score (nSPS) is 10.5. The van der Waals surface area contributed by atoms with Crippen LogP contribution in [0.4, 0.5) is 17.3 Å². The second kappa shape index (κ2) is 5.79. The maximum Gasteiger partial charge on any atom is 0.673 e. The molecule has 0 saturated heterocycles. The van der Waals surface area contributed by atoms with Gasteiger partial charge in [-0.3, -0.25) is 9.22 Å². The number of nitrogens with one attached hydrogen (secondary N) is 1. The number of nitrogens with zero attached hydrogens (tertiary/aromatic N) is 1. The maximum absolute atomic E-state index is 9.75. The van der Waals surface area contributed by atoms with E-state index in [1.54, 1.807) is 0 Å². The summed E-state index contributed by atoms with van der Waals surface area (Å²) in [4.78, 5) is 2.98. The molecule has 0 aliphatic heterocycles. The fourth-order valence-electron chi connectivity index (χ4n) is 0.571. The second-order valence-electron chi connectivity index (χ2n) is 2.03. The molecule has 2 radical (unpaired) electrons. The van der Waals surface area contributed by atoms with Gasteiger partial charge in [0.25, 0.3) is 0 Å². The lowest BCUT2D eigenvalue weighted by atomic mass is 10.3. The van der Waals surface area contributed by atoms with Gasteiger partial charge in [0.05, 0.1) is 0 Å². The number of halogens is 4. The number of imidazole rings is 1. The average molecular weight is 212 g/mol. The molecule has 0 unspecified atom stereocenters. The first-order chi connectivity index (χ1) is 5.93. The van der Waals surface area contributed by atoms with Crippen LogP contribution in [0, 0.1) is 0 Å². The predicted octanol–water partition coefficient (Wildman–Crippen LogP) is 1.51. The number of rotatable bonds is 2. The highest BCUT2D eigenvalue weighted by Crippen LogP contribution is 2.06. The molecular weight excluding hydrogens is 203 g/mol. The summed E-state index contributed by atoms with van der Waals surface area (Å²) in [5, 5.41) is 0. The van der Waals surface area contributed by atoms with Crippen LogP contribution in [0.5, 0.6) is 0 Å². The van der Waals surface area contributed by atoms with Gasteiger partial charge in [0.15, 0.2) is 0 Å². The monoisotopic (exact) mass is 212 g/mol. The Morgan fingerprint density at radius 2 is 1.92 bits per heavy atom. The van der Waals surface area contributed by atoms with Crippen LogP contribution in [0.15, 0.2) is 18.7 Å². The van der Waals surface area contributed by atoms with Gasteiger partial charge in [0.1, 0.15) is 12.4 Å². The van der Waals surface area contributed by atoms with E-state index in [1.807, 2.05) is 18.7 Å². The summed E-state index contributed by atoms with van der Waals surface area (Å²) >= 11 is 0. The van der Waals surface area contributed by atoms with E-state index in [1.165, 1.54) is 6.04 Å². The predicted molar refractivity (Wildman–Crippen MR) is 42.8 cm³/mol. The second-order valence-corrected chi connectivity index (χ2v) is 3.57. The summed E-state index contributed by atoms with van der Waals surface area (Å²) in [5.41, 5.74) is 0. The first-order valence-electron chi connectivity index (χ1n) is 3.58. The van der Waals surface area contributed by atoms with Gasteiger partial charge >= 0.3 is 16.9 Å². The molecule has 0 atom stereocenters. The third-order valence-corrected chi connectivity index (χ3v) is 1.85. The highest BCUT2D eigenvalue weighted by molar-refractivity contribution is 6.50. The first kappa shape index (κ1) is 12.2. The van der Waals surface area contributed by atoms with Crippen molar-refractivity contribution in [2.24, 2.45) is 0 Å². The highest BCUT2D eigenvalue weighted by Gasteiger charge is 2.20. The quantitative estimate of drug-likeness (QED) is 0.566. The SMILES string of the molecule is CC[Si][n+]1cc[nH]c1.F[B-](F)(F)F. The molecule has 1 aromatic heterocycles. The molecule has 0 bridgehead atoms. The molecule has 0 fully saturated rings. The van der Waals surface area contributed by atoms with Crippen molar-refractivity contribution in [1.29, 1.82) is 0 Å². The fourth-order valence-corrected chi connectivity index (χ4v) is 1.28. The van der Waals surface area contributed by atoms with Gasteiger partial charge in [0, 0.05) is 0 Å². The summed E-state index contributed by atoms with van der Waals surface area (Å²) in [5.74, 6) is 0. The first-order valence-corrected chi connectivity index (χ1v) is 4.74. The van der Waals surface area contributed by atoms with Crippen LogP contribution < -0.4 is 4.23 Å². The molecule has 0 spiro atoms. The fraction of sp³-hybridized carbons (Fsp3) is 0.400. The van der Waals surface area contributed by atoms with E-state index in [-0.39, 0.29) is 0 Å². The molecule has 2 nitrogen and oxygen atoms in total. The maximum atomic E-state index is 9.75. The Morgan fingerprint density at radius 1 is 1.38 bits per heavy atom. The molecule has 0 aliphatic rings. The Bertz CT molecular complexity index is 207. The number of aromatic nitrogens is 2. The van der Waals surface area contributed by atoms with Gasteiger partial charge in [-0.1, -0.05) is 6.92 Å².